The summed E-state index contributed by atoms with van der Waals surface area (Å²) in [7, 11) is 1.96. The van der Waals surface area contributed by atoms with E-state index in [-0.39, 0.29) is 5.91 Å². The summed E-state index contributed by atoms with van der Waals surface area (Å²) in [6.07, 6.45) is 0. The van der Waals surface area contributed by atoms with Crippen LogP contribution in [0, 0.1) is 13.8 Å². The third-order valence-corrected chi connectivity index (χ3v) is 4.16. The Morgan fingerprint density at radius 3 is 2.50 bits per heavy atom. The Hall–Kier alpha value is -2.75. The molecule has 1 heterocycles. The maximum atomic E-state index is 11.6. The molecule has 0 saturated carbocycles. The van der Waals surface area contributed by atoms with E-state index in [1.165, 1.54) is 12.5 Å². The summed E-state index contributed by atoms with van der Waals surface area (Å²) < 4.78 is 8.09. The zero-order valence-corrected chi connectivity index (χ0v) is 14.5. The van der Waals surface area contributed by atoms with E-state index in [0.29, 0.717) is 12.5 Å². The number of fused-ring (bicyclic) bond motifs is 1. The van der Waals surface area contributed by atoms with Crippen molar-refractivity contribution in [3.05, 3.63) is 59.2 Å². The van der Waals surface area contributed by atoms with Crippen molar-refractivity contribution in [3.63, 3.8) is 0 Å². The van der Waals surface area contributed by atoms with E-state index in [9.17, 15) is 4.79 Å². The summed E-state index contributed by atoms with van der Waals surface area (Å²) in [5.74, 6) is 0.569. The molecule has 3 rings (SSSR count). The third-order valence-electron chi connectivity index (χ3n) is 4.16. The fourth-order valence-electron chi connectivity index (χ4n) is 2.99. The number of amides is 1. The SMILES string of the molecule is CC(=O)Nc1c(OCc2ccc(C)cc2)n(C)c2c(C)cccc12. The molecule has 4 nitrogen and oxygen atoms in total. The molecule has 1 amide bonds. The highest BCUT2D eigenvalue weighted by atomic mass is 16.5. The van der Waals surface area contributed by atoms with E-state index in [2.05, 4.69) is 49.5 Å². The predicted octanol–water partition coefficient (Wildman–Crippen LogP) is 4.33. The second-order valence-electron chi connectivity index (χ2n) is 6.17. The van der Waals surface area contributed by atoms with Crippen LogP contribution < -0.4 is 10.1 Å². The average Bonchev–Trinajstić information content (AvgIpc) is 2.80. The lowest BCUT2D eigenvalue weighted by atomic mass is 10.1. The summed E-state index contributed by atoms with van der Waals surface area (Å²) in [5, 5.41) is 3.92. The van der Waals surface area contributed by atoms with Crippen molar-refractivity contribution in [3.8, 4) is 5.88 Å². The molecule has 0 unspecified atom stereocenters. The van der Waals surface area contributed by atoms with Crippen LogP contribution in [0.15, 0.2) is 42.5 Å². The zero-order chi connectivity index (χ0) is 17.3. The lowest BCUT2D eigenvalue weighted by Crippen LogP contribution is -2.08. The molecule has 3 aromatic rings. The Morgan fingerprint density at radius 1 is 1.12 bits per heavy atom. The fourth-order valence-corrected chi connectivity index (χ4v) is 2.99. The van der Waals surface area contributed by atoms with Crippen LogP contribution in [0.2, 0.25) is 0 Å². The number of hydrogen-bond donors (Lipinski definition) is 1. The van der Waals surface area contributed by atoms with Gasteiger partial charge in [-0.15, -0.1) is 0 Å². The van der Waals surface area contributed by atoms with E-state index in [0.717, 1.165) is 27.7 Å². The van der Waals surface area contributed by atoms with E-state index < -0.39 is 0 Å². The van der Waals surface area contributed by atoms with Crippen molar-refractivity contribution in [2.45, 2.75) is 27.4 Å². The molecule has 0 radical (unpaired) electrons. The van der Waals surface area contributed by atoms with E-state index in [4.69, 9.17) is 4.74 Å². The molecule has 1 aromatic heterocycles. The molecule has 0 aliphatic rings. The minimum atomic E-state index is -0.107. The van der Waals surface area contributed by atoms with Crippen LogP contribution in [-0.2, 0) is 18.4 Å². The van der Waals surface area contributed by atoms with Crippen molar-refractivity contribution in [1.82, 2.24) is 4.57 Å². The van der Waals surface area contributed by atoms with Gasteiger partial charge in [0, 0.05) is 19.4 Å². The number of carbonyl (C=O) groups excluding carboxylic acids is 1. The molecule has 0 bridgehead atoms. The van der Waals surface area contributed by atoms with Gasteiger partial charge in [0.25, 0.3) is 0 Å². The summed E-state index contributed by atoms with van der Waals surface area (Å²) in [5.41, 5.74) is 5.26. The summed E-state index contributed by atoms with van der Waals surface area (Å²) in [6, 6.07) is 14.3. The molecule has 0 atom stereocenters. The van der Waals surface area contributed by atoms with Gasteiger partial charge in [0.1, 0.15) is 12.3 Å². The van der Waals surface area contributed by atoms with E-state index in [1.54, 1.807) is 0 Å². The van der Waals surface area contributed by atoms with E-state index in [1.807, 2.05) is 23.7 Å². The van der Waals surface area contributed by atoms with Gasteiger partial charge in [-0.05, 0) is 25.0 Å². The summed E-state index contributed by atoms with van der Waals surface area (Å²) >= 11 is 0. The highest BCUT2D eigenvalue weighted by Crippen LogP contribution is 2.38. The Balaban J connectivity index is 2.02. The highest BCUT2D eigenvalue weighted by Gasteiger charge is 2.18. The Bertz CT molecular complexity index is 892. The van der Waals surface area contributed by atoms with Crippen LogP contribution in [0.3, 0.4) is 0 Å². The summed E-state index contributed by atoms with van der Waals surface area (Å²) in [6.45, 7) is 6.09. The number of nitrogens with one attached hydrogen (secondary N) is 1. The lowest BCUT2D eigenvalue weighted by Gasteiger charge is -2.11. The predicted molar refractivity (Wildman–Crippen MR) is 97.5 cm³/mol. The molecule has 0 aliphatic heterocycles. The Morgan fingerprint density at radius 2 is 1.83 bits per heavy atom. The van der Waals surface area contributed by atoms with Crippen LogP contribution in [0.4, 0.5) is 5.69 Å². The average molecular weight is 322 g/mol. The topological polar surface area (TPSA) is 43.3 Å². The minimum absolute atomic E-state index is 0.107. The second kappa shape index (κ2) is 6.40. The van der Waals surface area contributed by atoms with Crippen LogP contribution in [-0.4, -0.2) is 10.5 Å². The largest absolute Gasteiger partial charge is 0.472 e. The van der Waals surface area contributed by atoms with Crippen LogP contribution >= 0.6 is 0 Å². The molecule has 24 heavy (non-hydrogen) atoms. The normalized spacial score (nSPS) is 10.8. The maximum absolute atomic E-state index is 11.6. The van der Waals surface area contributed by atoms with Gasteiger partial charge in [0.05, 0.1) is 5.52 Å². The number of aromatic nitrogens is 1. The molecule has 0 saturated heterocycles. The number of para-hydroxylation sites is 1. The Kier molecular flexibility index (Phi) is 4.30. The fraction of sp³-hybridized carbons (Fsp3) is 0.250. The monoisotopic (exact) mass is 322 g/mol. The first kappa shape index (κ1) is 16.1. The molecular formula is C20H22N2O2. The number of nitrogens with zero attached hydrogens (tertiary/aromatic N) is 1. The first-order valence-electron chi connectivity index (χ1n) is 8.01. The van der Waals surface area contributed by atoms with Gasteiger partial charge in [0.2, 0.25) is 11.8 Å². The number of hydrogen-bond acceptors (Lipinski definition) is 2. The lowest BCUT2D eigenvalue weighted by molar-refractivity contribution is -0.114. The smallest absolute Gasteiger partial charge is 0.221 e. The highest BCUT2D eigenvalue weighted by molar-refractivity contribution is 6.05. The van der Waals surface area contributed by atoms with Gasteiger partial charge in [-0.2, -0.15) is 0 Å². The van der Waals surface area contributed by atoms with Gasteiger partial charge < -0.3 is 14.6 Å². The number of ether oxygens (including phenoxy) is 1. The molecular weight excluding hydrogens is 300 g/mol. The molecule has 0 fully saturated rings. The maximum Gasteiger partial charge on any atom is 0.221 e. The molecule has 124 valence electrons. The number of anilines is 1. The van der Waals surface area contributed by atoms with E-state index >= 15 is 0 Å². The van der Waals surface area contributed by atoms with Crippen molar-refractivity contribution in [2.24, 2.45) is 7.05 Å². The quantitative estimate of drug-likeness (QED) is 0.777. The van der Waals surface area contributed by atoms with Crippen LogP contribution in [0.25, 0.3) is 10.9 Å². The van der Waals surface area contributed by atoms with Crippen molar-refractivity contribution >= 4 is 22.5 Å². The minimum Gasteiger partial charge on any atom is -0.472 e. The van der Waals surface area contributed by atoms with Crippen LogP contribution in [0.5, 0.6) is 5.88 Å². The number of carbonyl (C=O) groups is 1. The first-order valence-corrected chi connectivity index (χ1v) is 8.01. The second-order valence-corrected chi connectivity index (χ2v) is 6.17. The van der Waals surface area contributed by atoms with Gasteiger partial charge in [-0.1, -0.05) is 48.0 Å². The zero-order valence-electron chi connectivity index (χ0n) is 14.5. The molecule has 0 spiro atoms. The van der Waals surface area contributed by atoms with Crippen LogP contribution in [0.1, 0.15) is 23.6 Å². The summed E-state index contributed by atoms with van der Waals surface area (Å²) in [4.78, 5) is 11.6. The molecule has 1 N–H and O–H groups in total. The molecule has 2 aromatic carbocycles. The van der Waals surface area contributed by atoms with Crippen molar-refractivity contribution in [2.75, 3.05) is 5.32 Å². The number of benzene rings is 2. The Labute approximate surface area is 142 Å². The van der Waals surface area contributed by atoms with Gasteiger partial charge >= 0.3 is 0 Å². The van der Waals surface area contributed by atoms with Gasteiger partial charge in [0.15, 0.2) is 0 Å². The van der Waals surface area contributed by atoms with Gasteiger partial charge in [-0.25, -0.2) is 0 Å². The van der Waals surface area contributed by atoms with Crippen molar-refractivity contribution < 1.29 is 9.53 Å². The standard InChI is InChI=1S/C20H22N2O2/c1-13-8-10-16(11-9-13)12-24-20-18(21-15(3)23)17-7-5-6-14(2)19(17)22(20)4/h5-11H,12H2,1-4H3,(H,21,23). The van der Waals surface area contributed by atoms with Crippen molar-refractivity contribution in [1.29, 1.82) is 0 Å². The van der Waals surface area contributed by atoms with Gasteiger partial charge in [-0.3, -0.25) is 4.79 Å². The molecule has 0 aliphatic carbocycles. The number of rotatable bonds is 4. The third kappa shape index (κ3) is 3.00. The first-order chi connectivity index (χ1) is 11.5. The molecule has 4 heteroatoms. The number of aryl methyl sites for hydroxylation is 3.